The molecule has 0 radical (unpaired) electrons. The fourth-order valence-corrected chi connectivity index (χ4v) is 4.00. The smallest absolute Gasteiger partial charge is 0.332 e. The lowest BCUT2D eigenvalue weighted by atomic mass is 10.2. The van der Waals surface area contributed by atoms with Gasteiger partial charge in [0.1, 0.15) is 0 Å². The number of aromatic nitrogens is 4. The molecule has 26 heavy (non-hydrogen) atoms. The van der Waals surface area contributed by atoms with Crippen LogP contribution >= 0.6 is 27.7 Å². The standard InChI is InChI=1S/C17H19BrN4O3S/c1-10(23)9-26-16-19-14-13(15(24)21(3)17(25)20(14)2)22(16)8-11-5-4-6-12(18)7-11/h4-7,10,23H,8-9H2,1-3H3. The van der Waals surface area contributed by atoms with Gasteiger partial charge in [-0.25, -0.2) is 9.78 Å². The summed E-state index contributed by atoms with van der Waals surface area (Å²) in [5, 5.41) is 10.2. The predicted octanol–water partition coefficient (Wildman–Crippen LogP) is 1.72. The van der Waals surface area contributed by atoms with Gasteiger partial charge in [0.15, 0.2) is 16.3 Å². The Morgan fingerprint density at radius 3 is 2.65 bits per heavy atom. The largest absolute Gasteiger partial charge is 0.393 e. The van der Waals surface area contributed by atoms with Gasteiger partial charge in [-0.15, -0.1) is 0 Å². The zero-order valence-electron chi connectivity index (χ0n) is 14.6. The molecule has 9 heteroatoms. The minimum Gasteiger partial charge on any atom is -0.393 e. The van der Waals surface area contributed by atoms with Crippen molar-refractivity contribution in [1.82, 2.24) is 18.7 Å². The van der Waals surface area contributed by atoms with E-state index in [1.807, 2.05) is 28.8 Å². The SMILES string of the molecule is CC(O)CSc1nc2c(c(=O)n(C)c(=O)n2C)n1Cc1cccc(Br)c1. The van der Waals surface area contributed by atoms with E-state index in [1.165, 1.54) is 23.4 Å². The van der Waals surface area contributed by atoms with E-state index < -0.39 is 11.8 Å². The summed E-state index contributed by atoms with van der Waals surface area (Å²) in [5.74, 6) is 0.441. The van der Waals surface area contributed by atoms with Crippen molar-refractivity contribution in [3.05, 3.63) is 55.1 Å². The van der Waals surface area contributed by atoms with Crippen LogP contribution in [0.15, 0.2) is 43.5 Å². The molecule has 2 heterocycles. The van der Waals surface area contributed by atoms with Crippen LogP contribution in [0.2, 0.25) is 0 Å². The number of imidazole rings is 1. The van der Waals surface area contributed by atoms with Crippen molar-refractivity contribution >= 4 is 38.9 Å². The Hall–Kier alpha value is -1.84. The van der Waals surface area contributed by atoms with Gasteiger partial charge in [0, 0.05) is 24.3 Å². The number of benzene rings is 1. The molecule has 138 valence electrons. The average molecular weight is 439 g/mol. The first kappa shape index (κ1) is 18.9. The number of aryl methyl sites for hydroxylation is 1. The number of halogens is 1. The van der Waals surface area contributed by atoms with Crippen LogP contribution in [0.25, 0.3) is 11.2 Å². The highest BCUT2D eigenvalue weighted by atomic mass is 79.9. The van der Waals surface area contributed by atoms with Crippen LogP contribution in [-0.2, 0) is 20.6 Å². The Bertz CT molecular complexity index is 1080. The van der Waals surface area contributed by atoms with Crippen molar-refractivity contribution in [3.63, 3.8) is 0 Å². The van der Waals surface area contributed by atoms with E-state index in [0.717, 1.165) is 14.6 Å². The molecule has 0 bridgehead atoms. The van der Waals surface area contributed by atoms with Crippen LogP contribution in [-0.4, -0.2) is 35.6 Å². The van der Waals surface area contributed by atoms with Crippen molar-refractivity contribution in [3.8, 4) is 0 Å². The van der Waals surface area contributed by atoms with Crippen LogP contribution < -0.4 is 11.2 Å². The molecule has 1 N–H and O–H groups in total. The zero-order valence-corrected chi connectivity index (χ0v) is 17.0. The Morgan fingerprint density at radius 2 is 2.00 bits per heavy atom. The summed E-state index contributed by atoms with van der Waals surface area (Å²) < 4.78 is 5.22. The molecule has 0 amide bonds. The lowest BCUT2D eigenvalue weighted by molar-refractivity contribution is 0.220. The quantitative estimate of drug-likeness (QED) is 0.613. The minimum atomic E-state index is -0.509. The van der Waals surface area contributed by atoms with Gasteiger partial charge in [0.25, 0.3) is 5.56 Å². The maximum Gasteiger partial charge on any atom is 0.332 e. The van der Waals surface area contributed by atoms with Gasteiger partial charge < -0.3 is 9.67 Å². The molecule has 0 spiro atoms. The first-order chi connectivity index (χ1) is 12.3. The third-order valence-electron chi connectivity index (χ3n) is 4.00. The fraction of sp³-hybridized carbons (Fsp3) is 0.353. The molecule has 3 aromatic rings. The van der Waals surface area contributed by atoms with Crippen LogP contribution in [0.5, 0.6) is 0 Å². The van der Waals surface area contributed by atoms with Gasteiger partial charge in [0.05, 0.1) is 12.6 Å². The van der Waals surface area contributed by atoms with E-state index >= 15 is 0 Å². The van der Waals surface area contributed by atoms with Gasteiger partial charge in [-0.2, -0.15) is 0 Å². The van der Waals surface area contributed by atoms with Gasteiger partial charge in [-0.1, -0.05) is 39.8 Å². The van der Waals surface area contributed by atoms with E-state index in [-0.39, 0.29) is 5.56 Å². The lowest BCUT2D eigenvalue weighted by Crippen LogP contribution is -2.37. The normalized spacial score (nSPS) is 12.7. The molecule has 0 aliphatic heterocycles. The monoisotopic (exact) mass is 438 g/mol. The third-order valence-corrected chi connectivity index (χ3v) is 5.71. The molecule has 1 unspecified atom stereocenters. The van der Waals surface area contributed by atoms with Gasteiger partial charge in [-0.05, 0) is 24.6 Å². The number of aliphatic hydroxyl groups is 1. The first-order valence-corrected chi connectivity index (χ1v) is 9.79. The Balaban J connectivity index is 2.24. The van der Waals surface area contributed by atoms with Crippen LogP contribution in [0.4, 0.5) is 0 Å². The molecular formula is C17H19BrN4O3S. The van der Waals surface area contributed by atoms with Crippen molar-refractivity contribution < 1.29 is 5.11 Å². The fourth-order valence-electron chi connectivity index (χ4n) is 2.70. The first-order valence-electron chi connectivity index (χ1n) is 8.01. The molecule has 0 saturated heterocycles. The van der Waals surface area contributed by atoms with E-state index in [4.69, 9.17) is 0 Å². The molecule has 0 saturated carbocycles. The molecule has 2 aromatic heterocycles. The number of aliphatic hydroxyl groups excluding tert-OH is 1. The Labute approximate surface area is 162 Å². The maximum atomic E-state index is 12.8. The second kappa shape index (κ2) is 7.42. The van der Waals surface area contributed by atoms with Crippen molar-refractivity contribution in [2.24, 2.45) is 14.1 Å². The minimum absolute atomic E-state index is 0.348. The number of nitrogens with zero attached hydrogens (tertiary/aromatic N) is 4. The highest BCUT2D eigenvalue weighted by Crippen LogP contribution is 2.24. The molecule has 1 atom stereocenters. The van der Waals surface area contributed by atoms with Gasteiger partial charge >= 0.3 is 5.69 Å². The number of rotatable bonds is 5. The van der Waals surface area contributed by atoms with Crippen molar-refractivity contribution in [2.45, 2.75) is 24.7 Å². The lowest BCUT2D eigenvalue weighted by Gasteiger charge is -2.10. The summed E-state index contributed by atoms with van der Waals surface area (Å²) in [6.45, 7) is 2.13. The van der Waals surface area contributed by atoms with Crippen molar-refractivity contribution in [2.75, 3.05) is 5.75 Å². The highest BCUT2D eigenvalue weighted by Gasteiger charge is 2.20. The molecule has 3 rings (SSSR count). The predicted molar refractivity (Wildman–Crippen MR) is 106 cm³/mol. The number of fused-ring (bicyclic) bond motifs is 1. The summed E-state index contributed by atoms with van der Waals surface area (Å²) in [7, 11) is 3.06. The van der Waals surface area contributed by atoms with E-state index in [0.29, 0.717) is 28.6 Å². The van der Waals surface area contributed by atoms with Gasteiger partial charge in [-0.3, -0.25) is 13.9 Å². The summed E-state index contributed by atoms with van der Waals surface area (Å²) in [6, 6.07) is 7.80. The van der Waals surface area contributed by atoms with E-state index in [2.05, 4.69) is 20.9 Å². The molecule has 0 fully saturated rings. The second-order valence-corrected chi connectivity index (χ2v) is 8.05. The topological polar surface area (TPSA) is 82.1 Å². The molecule has 7 nitrogen and oxygen atoms in total. The zero-order chi connectivity index (χ0) is 19.0. The summed E-state index contributed by atoms with van der Waals surface area (Å²) in [6.07, 6.45) is -0.509. The number of thioether (sulfide) groups is 1. The summed E-state index contributed by atoms with van der Waals surface area (Å²) >= 11 is 4.82. The Morgan fingerprint density at radius 1 is 1.27 bits per heavy atom. The third kappa shape index (κ3) is 3.51. The number of hydrogen-bond acceptors (Lipinski definition) is 5. The Kier molecular flexibility index (Phi) is 5.40. The number of hydrogen-bond donors (Lipinski definition) is 1. The summed E-state index contributed by atoms with van der Waals surface area (Å²) in [4.78, 5) is 29.5. The molecule has 0 aliphatic carbocycles. The van der Waals surface area contributed by atoms with E-state index in [1.54, 1.807) is 14.0 Å². The van der Waals surface area contributed by atoms with Crippen molar-refractivity contribution in [1.29, 1.82) is 0 Å². The molecule has 1 aromatic carbocycles. The molecular weight excluding hydrogens is 420 g/mol. The summed E-state index contributed by atoms with van der Waals surface area (Å²) in [5.41, 5.74) is 0.925. The second-order valence-electron chi connectivity index (χ2n) is 6.15. The maximum absolute atomic E-state index is 12.8. The molecule has 0 aliphatic rings. The van der Waals surface area contributed by atoms with Crippen LogP contribution in [0, 0.1) is 0 Å². The highest BCUT2D eigenvalue weighted by molar-refractivity contribution is 9.10. The van der Waals surface area contributed by atoms with E-state index in [9.17, 15) is 14.7 Å². The van der Waals surface area contributed by atoms with Gasteiger partial charge in [0.2, 0.25) is 0 Å². The van der Waals surface area contributed by atoms with Crippen LogP contribution in [0.1, 0.15) is 12.5 Å². The average Bonchev–Trinajstić information content (AvgIpc) is 2.95. The van der Waals surface area contributed by atoms with Crippen LogP contribution in [0.3, 0.4) is 0 Å².